The summed E-state index contributed by atoms with van der Waals surface area (Å²) in [6, 6.07) is 21.2. The fourth-order valence-electron chi connectivity index (χ4n) is 3.04. The number of nitrogens with two attached hydrogens (primary N) is 1. The van der Waals surface area contributed by atoms with Crippen LogP contribution in [0.5, 0.6) is 0 Å². The highest BCUT2D eigenvalue weighted by molar-refractivity contribution is 5.97. The maximum Gasteiger partial charge on any atom is 0.267 e. The summed E-state index contributed by atoms with van der Waals surface area (Å²) >= 11 is 0. The van der Waals surface area contributed by atoms with Crippen LogP contribution in [0.1, 0.15) is 37.3 Å². The summed E-state index contributed by atoms with van der Waals surface area (Å²) in [5, 5.41) is 10.1. The average Bonchev–Trinajstić information content (AvgIpc) is 2.79. The second kappa shape index (κ2) is 10.3. The molecule has 2 aromatic heterocycles. The number of pyridine rings is 2. The van der Waals surface area contributed by atoms with Crippen LogP contribution in [0.3, 0.4) is 0 Å². The Hall–Kier alpha value is -3.57. The van der Waals surface area contributed by atoms with Gasteiger partial charge in [-0.25, -0.2) is 9.97 Å². The SMILES string of the molecule is C.CC.NC(=O)c1cc2cc(-c3ccccc3)c(-c3ccc(CO)cc3)nc2cn1. The highest BCUT2D eigenvalue weighted by atomic mass is 16.3. The van der Waals surface area contributed by atoms with Gasteiger partial charge in [0.15, 0.2) is 0 Å². The lowest BCUT2D eigenvalue weighted by molar-refractivity contribution is 0.0996. The van der Waals surface area contributed by atoms with Crippen LogP contribution >= 0.6 is 0 Å². The topological polar surface area (TPSA) is 89.1 Å². The molecule has 0 saturated carbocycles. The normalized spacial score (nSPS) is 9.97. The van der Waals surface area contributed by atoms with Crippen LogP contribution in [0.4, 0.5) is 0 Å². The van der Waals surface area contributed by atoms with Crippen LogP contribution in [-0.2, 0) is 6.61 Å². The third-order valence-electron chi connectivity index (χ3n) is 4.45. The number of aliphatic hydroxyl groups excluding tert-OH is 1. The van der Waals surface area contributed by atoms with E-state index >= 15 is 0 Å². The smallest absolute Gasteiger partial charge is 0.267 e. The molecule has 2 heterocycles. The zero-order valence-electron chi connectivity index (χ0n) is 16.5. The minimum atomic E-state index is -0.568. The highest BCUT2D eigenvalue weighted by Crippen LogP contribution is 2.33. The van der Waals surface area contributed by atoms with Crippen molar-refractivity contribution < 1.29 is 9.90 Å². The molecule has 0 saturated heterocycles. The number of amides is 1. The Kier molecular flexibility index (Phi) is 7.78. The molecule has 5 nitrogen and oxygen atoms in total. The minimum Gasteiger partial charge on any atom is -0.392 e. The Labute approximate surface area is 177 Å². The van der Waals surface area contributed by atoms with Gasteiger partial charge in [-0.15, -0.1) is 0 Å². The van der Waals surface area contributed by atoms with E-state index in [1.165, 1.54) is 0 Å². The van der Waals surface area contributed by atoms with Crippen LogP contribution in [0.2, 0.25) is 0 Å². The van der Waals surface area contributed by atoms with Gasteiger partial charge < -0.3 is 10.8 Å². The number of benzene rings is 2. The molecule has 1 amide bonds. The molecule has 0 radical (unpaired) electrons. The Morgan fingerprint density at radius 1 is 0.967 bits per heavy atom. The molecule has 0 bridgehead atoms. The summed E-state index contributed by atoms with van der Waals surface area (Å²) in [6.45, 7) is 4.00. The first kappa shape index (κ1) is 22.7. The van der Waals surface area contributed by atoms with Crippen LogP contribution in [0.25, 0.3) is 33.3 Å². The number of aromatic nitrogens is 2. The van der Waals surface area contributed by atoms with Gasteiger partial charge in [0, 0.05) is 16.5 Å². The maximum absolute atomic E-state index is 11.5. The van der Waals surface area contributed by atoms with Crippen molar-refractivity contribution in [2.75, 3.05) is 0 Å². The molecule has 2 aromatic carbocycles. The van der Waals surface area contributed by atoms with E-state index in [-0.39, 0.29) is 19.7 Å². The number of carbonyl (C=O) groups excluding carboxylic acids is 1. The second-order valence-electron chi connectivity index (χ2n) is 6.23. The Morgan fingerprint density at radius 2 is 1.63 bits per heavy atom. The minimum absolute atomic E-state index is 0. The monoisotopic (exact) mass is 401 g/mol. The van der Waals surface area contributed by atoms with Gasteiger partial charge in [-0.1, -0.05) is 75.9 Å². The number of hydrogen-bond donors (Lipinski definition) is 2. The van der Waals surface area contributed by atoms with Crippen LogP contribution in [0, 0.1) is 0 Å². The number of hydrogen-bond acceptors (Lipinski definition) is 4. The van der Waals surface area contributed by atoms with Crippen molar-refractivity contribution in [2.24, 2.45) is 5.73 Å². The van der Waals surface area contributed by atoms with E-state index in [0.717, 1.165) is 33.3 Å². The lowest BCUT2D eigenvalue weighted by Crippen LogP contribution is -2.12. The molecule has 0 atom stereocenters. The molecular formula is C25H27N3O2. The molecule has 30 heavy (non-hydrogen) atoms. The fourth-order valence-corrected chi connectivity index (χ4v) is 3.04. The third kappa shape index (κ3) is 4.70. The number of nitrogens with zero attached hydrogens (tertiary/aromatic N) is 2. The van der Waals surface area contributed by atoms with E-state index in [1.54, 1.807) is 12.3 Å². The molecule has 0 fully saturated rings. The van der Waals surface area contributed by atoms with Gasteiger partial charge >= 0.3 is 0 Å². The molecule has 154 valence electrons. The van der Waals surface area contributed by atoms with E-state index in [4.69, 9.17) is 10.7 Å². The number of carbonyl (C=O) groups is 1. The zero-order valence-corrected chi connectivity index (χ0v) is 16.5. The number of fused-ring (bicyclic) bond motifs is 1. The third-order valence-corrected chi connectivity index (χ3v) is 4.45. The molecular weight excluding hydrogens is 374 g/mol. The summed E-state index contributed by atoms with van der Waals surface area (Å²) in [7, 11) is 0. The van der Waals surface area contributed by atoms with Crippen molar-refractivity contribution in [3.63, 3.8) is 0 Å². The molecule has 0 unspecified atom stereocenters. The van der Waals surface area contributed by atoms with E-state index in [9.17, 15) is 9.90 Å². The Bertz CT molecular complexity index is 1120. The molecule has 0 aliphatic carbocycles. The Balaban J connectivity index is 0.00000104. The van der Waals surface area contributed by atoms with Gasteiger partial charge in [-0.2, -0.15) is 0 Å². The summed E-state index contributed by atoms with van der Waals surface area (Å²) in [4.78, 5) is 20.4. The van der Waals surface area contributed by atoms with E-state index in [2.05, 4.69) is 4.98 Å². The summed E-state index contributed by atoms with van der Waals surface area (Å²) < 4.78 is 0. The predicted molar refractivity (Wildman–Crippen MR) is 123 cm³/mol. The summed E-state index contributed by atoms with van der Waals surface area (Å²) in [5.74, 6) is -0.568. The van der Waals surface area contributed by atoms with E-state index in [0.29, 0.717) is 5.52 Å². The molecule has 4 rings (SSSR count). The first-order valence-electron chi connectivity index (χ1n) is 9.52. The summed E-state index contributed by atoms with van der Waals surface area (Å²) in [6.07, 6.45) is 1.57. The van der Waals surface area contributed by atoms with Crippen LogP contribution in [0.15, 0.2) is 72.9 Å². The van der Waals surface area contributed by atoms with Gasteiger partial charge in [0.2, 0.25) is 0 Å². The largest absolute Gasteiger partial charge is 0.392 e. The maximum atomic E-state index is 11.5. The van der Waals surface area contributed by atoms with Crippen molar-refractivity contribution in [3.8, 4) is 22.4 Å². The number of primary amides is 1. The van der Waals surface area contributed by atoms with Crippen molar-refractivity contribution in [1.82, 2.24) is 9.97 Å². The van der Waals surface area contributed by atoms with Crippen LogP contribution in [-0.4, -0.2) is 21.0 Å². The average molecular weight is 402 g/mol. The first-order valence-corrected chi connectivity index (χ1v) is 9.52. The van der Waals surface area contributed by atoms with Crippen molar-refractivity contribution in [3.05, 3.63) is 84.2 Å². The fraction of sp³-hybridized carbons (Fsp3) is 0.160. The number of aliphatic hydroxyl groups is 1. The van der Waals surface area contributed by atoms with E-state index < -0.39 is 5.91 Å². The lowest BCUT2D eigenvalue weighted by atomic mass is 9.97. The van der Waals surface area contributed by atoms with Crippen LogP contribution < -0.4 is 5.73 Å². The molecule has 3 N–H and O–H groups in total. The van der Waals surface area contributed by atoms with Gasteiger partial charge in [0.25, 0.3) is 5.91 Å². The highest BCUT2D eigenvalue weighted by Gasteiger charge is 2.13. The lowest BCUT2D eigenvalue weighted by Gasteiger charge is -2.12. The molecule has 0 aliphatic rings. The predicted octanol–water partition coefficient (Wildman–Crippen LogP) is 5.22. The number of rotatable bonds is 4. The van der Waals surface area contributed by atoms with Crippen molar-refractivity contribution >= 4 is 16.8 Å². The standard InChI is InChI=1S/C22H17N3O2.C2H6.CH4/c23-22(27)19-11-17-10-18(15-4-2-1-3-5-15)21(25-20(17)12-24-19)16-8-6-14(13-26)7-9-16;1-2;/h1-12,26H,13H2,(H2,23,27);1-2H3;1H4. The zero-order chi connectivity index (χ0) is 20.8. The van der Waals surface area contributed by atoms with Crippen molar-refractivity contribution in [2.45, 2.75) is 27.9 Å². The van der Waals surface area contributed by atoms with Gasteiger partial charge in [-0.05, 0) is 23.3 Å². The molecule has 0 aliphatic heterocycles. The second-order valence-corrected chi connectivity index (χ2v) is 6.23. The molecule has 5 heteroatoms. The molecule has 4 aromatic rings. The van der Waals surface area contributed by atoms with Gasteiger partial charge in [-0.3, -0.25) is 4.79 Å². The summed E-state index contributed by atoms with van der Waals surface area (Å²) in [5.41, 5.74) is 10.8. The van der Waals surface area contributed by atoms with E-state index in [1.807, 2.05) is 74.5 Å². The van der Waals surface area contributed by atoms with Crippen molar-refractivity contribution in [1.29, 1.82) is 0 Å². The quantitative estimate of drug-likeness (QED) is 0.491. The molecule has 0 spiro atoms. The Morgan fingerprint density at radius 3 is 2.23 bits per heavy atom. The first-order chi connectivity index (χ1) is 14.2. The van der Waals surface area contributed by atoms with Gasteiger partial charge in [0.05, 0.1) is 24.0 Å². The van der Waals surface area contributed by atoms with Gasteiger partial charge in [0.1, 0.15) is 5.69 Å².